The summed E-state index contributed by atoms with van der Waals surface area (Å²) in [6, 6.07) is -0.827. The van der Waals surface area contributed by atoms with E-state index in [4.69, 9.17) is 4.74 Å². The minimum absolute atomic E-state index is 0.249. The van der Waals surface area contributed by atoms with Gasteiger partial charge in [0, 0.05) is 18.0 Å². The molecule has 0 aliphatic carbocycles. The van der Waals surface area contributed by atoms with Crippen molar-refractivity contribution in [3.8, 4) is 0 Å². The van der Waals surface area contributed by atoms with Crippen molar-refractivity contribution >= 4 is 23.8 Å². The molecule has 0 unspecified atom stereocenters. The van der Waals surface area contributed by atoms with E-state index in [9.17, 15) is 14.4 Å². The summed E-state index contributed by atoms with van der Waals surface area (Å²) >= 11 is 1.28. The number of nitrogens with zero attached hydrogens (tertiary/aromatic N) is 2. The topological polar surface area (TPSA) is 118 Å². The van der Waals surface area contributed by atoms with Gasteiger partial charge in [-0.15, -0.1) is 5.10 Å². The van der Waals surface area contributed by atoms with Crippen molar-refractivity contribution in [1.82, 2.24) is 25.4 Å². The molecule has 25 heavy (non-hydrogen) atoms. The Morgan fingerprint density at radius 1 is 1.36 bits per heavy atom. The molecule has 0 bridgehead atoms. The molecule has 2 amide bonds. The number of rotatable bonds is 8. The number of aromatic nitrogens is 3. The van der Waals surface area contributed by atoms with Gasteiger partial charge in [-0.3, -0.25) is 4.57 Å². The molecule has 1 atom stereocenters. The van der Waals surface area contributed by atoms with Crippen molar-refractivity contribution in [3.63, 3.8) is 0 Å². The number of amides is 2. The van der Waals surface area contributed by atoms with Crippen molar-refractivity contribution in [2.45, 2.75) is 51.4 Å². The van der Waals surface area contributed by atoms with E-state index in [-0.39, 0.29) is 18.3 Å². The van der Waals surface area contributed by atoms with E-state index in [1.165, 1.54) is 11.8 Å². The standard InChI is InChI=1S/C15H23N5O4S/c1-4-6-7-20-14(23)18-19-15(20)25-8-10-11(12(21)24-5-2)9(3)16-13(22)17-10/h9H,4-8H2,1-3H3,(H,18,23)(H2,16,17,22)/t9-/m0/s1. The molecular formula is C15H23N5O4S. The van der Waals surface area contributed by atoms with Crippen LogP contribution in [0, 0.1) is 0 Å². The average molecular weight is 369 g/mol. The van der Waals surface area contributed by atoms with Crippen molar-refractivity contribution in [2.24, 2.45) is 0 Å². The summed E-state index contributed by atoms with van der Waals surface area (Å²) in [4.78, 5) is 35.8. The molecule has 1 aliphatic rings. The number of nitrogens with one attached hydrogen (secondary N) is 3. The van der Waals surface area contributed by atoms with Gasteiger partial charge in [0.2, 0.25) is 0 Å². The van der Waals surface area contributed by atoms with Gasteiger partial charge in [-0.1, -0.05) is 25.1 Å². The fourth-order valence-corrected chi connectivity index (χ4v) is 3.40. The Bertz CT molecular complexity index is 724. The number of hydrogen-bond donors (Lipinski definition) is 3. The monoisotopic (exact) mass is 369 g/mol. The molecule has 0 saturated carbocycles. The maximum atomic E-state index is 12.2. The second-order valence-electron chi connectivity index (χ2n) is 5.54. The molecule has 138 valence electrons. The molecule has 2 heterocycles. The molecule has 0 radical (unpaired) electrons. The lowest BCUT2D eigenvalue weighted by atomic mass is 10.1. The molecule has 9 nitrogen and oxygen atoms in total. The molecular weight excluding hydrogens is 346 g/mol. The summed E-state index contributed by atoms with van der Waals surface area (Å²) in [6.07, 6.45) is 1.82. The van der Waals surface area contributed by atoms with Crippen LogP contribution in [0.4, 0.5) is 4.79 Å². The number of hydrogen-bond acceptors (Lipinski definition) is 6. The van der Waals surface area contributed by atoms with Gasteiger partial charge in [0.15, 0.2) is 5.16 Å². The zero-order chi connectivity index (χ0) is 18.4. The maximum Gasteiger partial charge on any atom is 0.343 e. The Hall–Kier alpha value is -2.23. The molecule has 0 saturated heterocycles. The van der Waals surface area contributed by atoms with Crippen LogP contribution in [0.2, 0.25) is 0 Å². The predicted molar refractivity (Wildman–Crippen MR) is 93.3 cm³/mol. The van der Waals surface area contributed by atoms with Crippen LogP contribution in [0.25, 0.3) is 0 Å². The summed E-state index contributed by atoms with van der Waals surface area (Å²) in [5, 5.41) is 12.3. The minimum atomic E-state index is -0.469. The summed E-state index contributed by atoms with van der Waals surface area (Å²) in [5.74, 6) is -0.175. The largest absolute Gasteiger partial charge is 0.463 e. The third-order valence-electron chi connectivity index (χ3n) is 3.67. The van der Waals surface area contributed by atoms with Gasteiger partial charge in [-0.05, 0) is 20.3 Å². The van der Waals surface area contributed by atoms with Crippen LogP contribution in [-0.2, 0) is 16.1 Å². The third-order valence-corrected chi connectivity index (χ3v) is 4.67. The summed E-state index contributed by atoms with van der Waals surface area (Å²) in [5.41, 5.74) is 0.586. The van der Waals surface area contributed by atoms with Crippen LogP contribution in [0.15, 0.2) is 21.2 Å². The van der Waals surface area contributed by atoms with Gasteiger partial charge in [0.25, 0.3) is 0 Å². The quantitative estimate of drug-likeness (QED) is 0.464. The van der Waals surface area contributed by atoms with Gasteiger partial charge in [-0.25, -0.2) is 19.5 Å². The first-order valence-electron chi connectivity index (χ1n) is 8.23. The Morgan fingerprint density at radius 2 is 2.12 bits per heavy atom. The van der Waals surface area contributed by atoms with Crippen molar-refractivity contribution < 1.29 is 14.3 Å². The Balaban J connectivity index is 2.21. The second-order valence-corrected chi connectivity index (χ2v) is 6.48. The summed E-state index contributed by atoms with van der Waals surface area (Å²) in [7, 11) is 0. The Kier molecular flexibility index (Phi) is 6.68. The van der Waals surface area contributed by atoms with Crippen LogP contribution in [0.5, 0.6) is 0 Å². The van der Waals surface area contributed by atoms with E-state index in [0.717, 1.165) is 12.8 Å². The second kappa shape index (κ2) is 8.75. The highest BCUT2D eigenvalue weighted by molar-refractivity contribution is 7.99. The first kappa shape index (κ1) is 19.1. The summed E-state index contributed by atoms with van der Waals surface area (Å²) < 4.78 is 6.64. The molecule has 10 heteroatoms. The zero-order valence-electron chi connectivity index (χ0n) is 14.5. The number of ether oxygens (including phenoxy) is 1. The van der Waals surface area contributed by atoms with Gasteiger partial charge in [0.1, 0.15) is 0 Å². The normalized spacial score (nSPS) is 17.2. The fraction of sp³-hybridized carbons (Fsp3) is 0.600. The average Bonchev–Trinajstić information content (AvgIpc) is 2.90. The van der Waals surface area contributed by atoms with Crippen LogP contribution < -0.4 is 16.3 Å². The van der Waals surface area contributed by atoms with E-state index in [2.05, 4.69) is 20.8 Å². The zero-order valence-corrected chi connectivity index (χ0v) is 15.4. The number of esters is 1. The molecule has 2 rings (SSSR count). The van der Waals surface area contributed by atoms with Crippen molar-refractivity contribution in [1.29, 1.82) is 0 Å². The number of carbonyl (C=O) groups excluding carboxylic acids is 2. The van der Waals surface area contributed by atoms with E-state index in [1.807, 2.05) is 6.92 Å². The maximum absolute atomic E-state index is 12.2. The number of urea groups is 1. The molecule has 1 aliphatic heterocycles. The molecule has 1 aromatic heterocycles. The van der Waals surface area contributed by atoms with Gasteiger partial charge in [-0.2, -0.15) is 0 Å². The first-order chi connectivity index (χ1) is 12.0. The lowest BCUT2D eigenvalue weighted by molar-refractivity contribution is -0.138. The SMILES string of the molecule is CCCCn1c(SCC2=C(C(=O)OCC)[C@H](C)NC(=O)N2)n[nH]c1=O. The Morgan fingerprint density at radius 3 is 2.80 bits per heavy atom. The van der Waals surface area contributed by atoms with Crippen LogP contribution in [0.1, 0.15) is 33.6 Å². The predicted octanol–water partition coefficient (Wildman–Crippen LogP) is 0.982. The molecule has 0 fully saturated rings. The lowest BCUT2D eigenvalue weighted by Crippen LogP contribution is -2.49. The van der Waals surface area contributed by atoms with Crippen molar-refractivity contribution in [3.05, 3.63) is 21.8 Å². The number of aromatic amines is 1. The number of thioether (sulfide) groups is 1. The van der Waals surface area contributed by atoms with Crippen LogP contribution in [-0.4, -0.2) is 45.2 Å². The minimum Gasteiger partial charge on any atom is -0.463 e. The lowest BCUT2D eigenvalue weighted by Gasteiger charge is -2.26. The molecule has 1 aromatic rings. The van der Waals surface area contributed by atoms with Crippen LogP contribution >= 0.6 is 11.8 Å². The molecule has 0 spiro atoms. The highest BCUT2D eigenvalue weighted by Crippen LogP contribution is 2.22. The number of unbranched alkanes of at least 4 members (excludes halogenated alkanes) is 1. The van der Waals surface area contributed by atoms with Gasteiger partial charge < -0.3 is 15.4 Å². The van der Waals surface area contributed by atoms with E-state index in [1.54, 1.807) is 18.4 Å². The number of carbonyl (C=O) groups is 2. The van der Waals surface area contributed by atoms with Gasteiger partial charge in [0.05, 0.1) is 18.2 Å². The van der Waals surface area contributed by atoms with E-state index in [0.29, 0.717) is 28.7 Å². The smallest absolute Gasteiger partial charge is 0.343 e. The van der Waals surface area contributed by atoms with Gasteiger partial charge >= 0.3 is 17.7 Å². The summed E-state index contributed by atoms with van der Waals surface area (Å²) in [6.45, 7) is 6.31. The first-order valence-corrected chi connectivity index (χ1v) is 9.22. The van der Waals surface area contributed by atoms with E-state index < -0.39 is 12.0 Å². The third kappa shape index (κ3) is 4.65. The number of H-pyrrole nitrogens is 1. The molecule has 3 N–H and O–H groups in total. The highest BCUT2D eigenvalue weighted by Gasteiger charge is 2.29. The highest BCUT2D eigenvalue weighted by atomic mass is 32.2. The fourth-order valence-electron chi connectivity index (χ4n) is 2.46. The Labute approximate surface area is 149 Å². The van der Waals surface area contributed by atoms with E-state index >= 15 is 0 Å². The van der Waals surface area contributed by atoms with Crippen LogP contribution in [0.3, 0.4) is 0 Å². The molecule has 0 aromatic carbocycles. The van der Waals surface area contributed by atoms with Crippen molar-refractivity contribution in [2.75, 3.05) is 12.4 Å².